The predicted molar refractivity (Wildman–Crippen MR) is 129 cm³/mol. The molecule has 4 heterocycles. The summed E-state index contributed by atoms with van der Waals surface area (Å²) in [6, 6.07) is 18.6. The lowest BCUT2D eigenvalue weighted by Crippen LogP contribution is -2.43. The second-order valence-corrected chi connectivity index (χ2v) is 8.14. The van der Waals surface area contributed by atoms with E-state index in [-0.39, 0.29) is 29.4 Å². The van der Waals surface area contributed by atoms with E-state index >= 15 is 0 Å². The number of aromatic nitrogens is 4. The summed E-state index contributed by atoms with van der Waals surface area (Å²) in [6.07, 6.45) is 5.02. The van der Waals surface area contributed by atoms with Gasteiger partial charge in [0.2, 0.25) is 11.5 Å². The SMILES string of the molecule is Cc1ccc(C[n+]2c(N)c(C(=O)NCc3cccnc3)cc3c(=O)n4ccccc4nc32)cc1. The molecule has 1 aromatic carbocycles. The molecule has 3 N–H and O–H groups in total. The van der Waals surface area contributed by atoms with Crippen LogP contribution in [0, 0.1) is 6.92 Å². The van der Waals surface area contributed by atoms with Gasteiger partial charge in [0.25, 0.3) is 17.1 Å². The van der Waals surface area contributed by atoms with Crippen molar-refractivity contribution in [2.45, 2.75) is 20.0 Å². The van der Waals surface area contributed by atoms with Crippen LogP contribution in [0.3, 0.4) is 0 Å². The van der Waals surface area contributed by atoms with Crippen molar-refractivity contribution in [1.29, 1.82) is 0 Å². The standard InChI is InChI=1S/C26H22N6O2/c1-17-7-9-18(10-8-17)16-32-23(27)20(25(33)29-15-19-5-4-11-28-14-19)13-21-24(32)30-22-6-2-3-12-31(22)26(21)34/h2-14,27H,15-16H2,1H3,(H,29,33)/p+1. The molecule has 0 aliphatic rings. The van der Waals surface area contributed by atoms with E-state index in [4.69, 9.17) is 10.7 Å². The van der Waals surface area contributed by atoms with Crippen molar-refractivity contribution < 1.29 is 9.36 Å². The van der Waals surface area contributed by atoms with Gasteiger partial charge >= 0.3 is 0 Å². The Balaban J connectivity index is 1.66. The van der Waals surface area contributed by atoms with Gasteiger partial charge in [-0.25, -0.2) is 4.57 Å². The van der Waals surface area contributed by atoms with E-state index in [1.807, 2.05) is 43.3 Å². The molecular weight excluding hydrogens is 428 g/mol. The normalized spacial score (nSPS) is 11.1. The Kier molecular flexibility index (Phi) is 5.47. The predicted octanol–water partition coefficient (Wildman–Crippen LogP) is 2.40. The van der Waals surface area contributed by atoms with Gasteiger partial charge in [-0.2, -0.15) is 0 Å². The number of carbonyl (C=O) groups excluding carboxylic acids is 1. The maximum Gasteiger partial charge on any atom is 0.278 e. The van der Waals surface area contributed by atoms with E-state index in [1.165, 1.54) is 10.5 Å². The van der Waals surface area contributed by atoms with Crippen LogP contribution >= 0.6 is 0 Å². The summed E-state index contributed by atoms with van der Waals surface area (Å²) in [7, 11) is 0. The average Bonchev–Trinajstić information content (AvgIpc) is 2.86. The number of pyridine rings is 3. The summed E-state index contributed by atoms with van der Waals surface area (Å²) in [5.41, 5.74) is 10.4. The fourth-order valence-corrected chi connectivity index (χ4v) is 3.90. The van der Waals surface area contributed by atoms with Crippen molar-refractivity contribution in [2.75, 3.05) is 5.73 Å². The smallest absolute Gasteiger partial charge is 0.278 e. The fourth-order valence-electron chi connectivity index (χ4n) is 3.90. The second-order valence-electron chi connectivity index (χ2n) is 8.14. The highest BCUT2D eigenvalue weighted by molar-refractivity contribution is 6.00. The van der Waals surface area contributed by atoms with Gasteiger partial charge in [-0.1, -0.05) is 46.9 Å². The molecule has 0 spiro atoms. The minimum Gasteiger partial charge on any atom is -0.348 e. The van der Waals surface area contributed by atoms with Crippen LogP contribution < -0.4 is 21.2 Å². The quantitative estimate of drug-likeness (QED) is 0.315. The number of nitrogens with one attached hydrogen (secondary N) is 1. The Morgan fingerprint density at radius 2 is 1.91 bits per heavy atom. The summed E-state index contributed by atoms with van der Waals surface area (Å²) >= 11 is 0. The fraction of sp³-hybridized carbons (Fsp3) is 0.115. The van der Waals surface area contributed by atoms with Crippen LogP contribution in [-0.2, 0) is 13.1 Å². The van der Waals surface area contributed by atoms with Gasteiger partial charge in [0.15, 0.2) is 0 Å². The van der Waals surface area contributed by atoms with Crippen LogP contribution in [0.1, 0.15) is 27.0 Å². The van der Waals surface area contributed by atoms with Crippen LogP contribution in [0.4, 0.5) is 5.82 Å². The largest absolute Gasteiger partial charge is 0.348 e. The molecule has 5 aromatic rings. The van der Waals surface area contributed by atoms with Gasteiger partial charge < -0.3 is 11.1 Å². The maximum atomic E-state index is 13.3. The third-order valence-electron chi connectivity index (χ3n) is 5.74. The minimum atomic E-state index is -0.376. The van der Waals surface area contributed by atoms with E-state index in [9.17, 15) is 9.59 Å². The first-order valence-electron chi connectivity index (χ1n) is 10.9. The number of rotatable bonds is 5. The number of fused-ring (bicyclic) bond motifs is 2. The van der Waals surface area contributed by atoms with Crippen molar-refractivity contribution in [1.82, 2.24) is 19.7 Å². The highest BCUT2D eigenvalue weighted by atomic mass is 16.1. The van der Waals surface area contributed by atoms with E-state index in [2.05, 4.69) is 10.3 Å². The summed E-state index contributed by atoms with van der Waals surface area (Å²) in [6.45, 7) is 2.67. The Bertz CT molecular complexity index is 1580. The van der Waals surface area contributed by atoms with Crippen molar-refractivity contribution >= 4 is 28.4 Å². The lowest BCUT2D eigenvalue weighted by molar-refractivity contribution is -0.649. The van der Waals surface area contributed by atoms with Crippen molar-refractivity contribution in [3.05, 3.63) is 112 Å². The van der Waals surface area contributed by atoms with E-state index in [0.717, 1.165) is 16.7 Å². The molecule has 0 aliphatic carbocycles. The zero-order valence-corrected chi connectivity index (χ0v) is 18.6. The number of benzene rings is 1. The van der Waals surface area contributed by atoms with Gasteiger partial charge in [0.1, 0.15) is 10.9 Å². The number of amides is 1. The van der Waals surface area contributed by atoms with Gasteiger partial charge in [0.05, 0.1) is 6.54 Å². The molecule has 0 saturated heterocycles. The molecule has 0 unspecified atom stereocenters. The molecule has 8 nitrogen and oxygen atoms in total. The molecular formula is C26H23N6O2+. The summed E-state index contributed by atoms with van der Waals surface area (Å²) < 4.78 is 3.19. The number of carbonyl (C=O) groups is 1. The molecule has 0 aliphatic heterocycles. The van der Waals surface area contributed by atoms with Crippen LogP contribution in [0.2, 0.25) is 0 Å². The number of aryl methyl sites for hydroxylation is 1. The van der Waals surface area contributed by atoms with Gasteiger partial charge in [-0.15, -0.1) is 0 Å². The second kappa shape index (κ2) is 8.74. The Hall–Kier alpha value is -4.59. The Morgan fingerprint density at radius 1 is 1.09 bits per heavy atom. The minimum absolute atomic E-state index is 0.221. The van der Waals surface area contributed by atoms with E-state index in [0.29, 0.717) is 23.2 Å². The molecule has 0 bridgehead atoms. The van der Waals surface area contributed by atoms with Crippen molar-refractivity contribution in [3.63, 3.8) is 0 Å². The highest BCUT2D eigenvalue weighted by Gasteiger charge is 2.24. The Labute approximate surface area is 195 Å². The van der Waals surface area contributed by atoms with Crippen LogP contribution in [0.15, 0.2) is 84.0 Å². The number of hydrogen-bond donors (Lipinski definition) is 2. The highest BCUT2D eigenvalue weighted by Crippen LogP contribution is 2.16. The summed E-state index contributed by atoms with van der Waals surface area (Å²) in [5, 5.41) is 3.19. The summed E-state index contributed by atoms with van der Waals surface area (Å²) in [4.78, 5) is 35.3. The van der Waals surface area contributed by atoms with Gasteiger partial charge in [-0.3, -0.25) is 19.0 Å². The number of hydrogen-bond acceptors (Lipinski definition) is 5. The van der Waals surface area contributed by atoms with Crippen LogP contribution in [0.5, 0.6) is 0 Å². The first-order chi connectivity index (χ1) is 16.5. The summed E-state index contributed by atoms with van der Waals surface area (Å²) in [5.74, 6) is -0.137. The molecule has 0 atom stereocenters. The van der Waals surface area contributed by atoms with Crippen LogP contribution in [-0.4, -0.2) is 20.3 Å². The number of nitrogen functional groups attached to an aromatic ring is 1. The van der Waals surface area contributed by atoms with Gasteiger partial charge in [0, 0.05) is 25.1 Å². The first kappa shape index (κ1) is 21.3. The average molecular weight is 452 g/mol. The third-order valence-corrected chi connectivity index (χ3v) is 5.74. The zero-order valence-electron chi connectivity index (χ0n) is 18.6. The van der Waals surface area contributed by atoms with Crippen molar-refractivity contribution in [2.24, 2.45) is 0 Å². The molecule has 1 amide bonds. The van der Waals surface area contributed by atoms with E-state index < -0.39 is 0 Å². The molecule has 5 rings (SSSR count). The third kappa shape index (κ3) is 3.97. The Morgan fingerprint density at radius 3 is 2.68 bits per heavy atom. The maximum absolute atomic E-state index is 13.3. The molecule has 0 saturated carbocycles. The molecule has 8 heteroatoms. The first-order valence-corrected chi connectivity index (χ1v) is 10.9. The molecule has 0 radical (unpaired) electrons. The zero-order chi connectivity index (χ0) is 23.7. The lowest BCUT2D eigenvalue weighted by Gasteiger charge is -2.13. The molecule has 34 heavy (non-hydrogen) atoms. The topological polar surface area (TPSA) is 106 Å². The van der Waals surface area contributed by atoms with Crippen molar-refractivity contribution in [3.8, 4) is 0 Å². The number of anilines is 1. The number of nitrogens with zero attached hydrogens (tertiary/aromatic N) is 4. The molecule has 0 fully saturated rings. The van der Waals surface area contributed by atoms with Gasteiger partial charge in [-0.05, 0) is 42.3 Å². The number of nitrogens with two attached hydrogens (primary N) is 1. The molecule has 4 aromatic heterocycles. The van der Waals surface area contributed by atoms with Crippen LogP contribution in [0.25, 0.3) is 16.7 Å². The lowest BCUT2D eigenvalue weighted by atomic mass is 10.1. The van der Waals surface area contributed by atoms with E-state index in [1.54, 1.807) is 41.4 Å². The monoisotopic (exact) mass is 451 g/mol. The molecule has 168 valence electrons.